The van der Waals surface area contributed by atoms with Crippen LogP contribution in [0.15, 0.2) is 35.5 Å². The Morgan fingerprint density at radius 3 is 2.64 bits per heavy atom. The quantitative estimate of drug-likeness (QED) is 0.758. The lowest BCUT2D eigenvalue weighted by Gasteiger charge is -2.08. The number of hydrogen-bond donors (Lipinski definition) is 1. The zero-order chi connectivity index (χ0) is 18.4. The first-order valence-corrected chi connectivity index (χ1v) is 8.63. The monoisotopic (exact) mass is 372 g/mol. The van der Waals surface area contributed by atoms with E-state index in [4.69, 9.17) is 0 Å². The number of aromatic nitrogens is 4. The van der Waals surface area contributed by atoms with E-state index in [2.05, 4.69) is 15.1 Å². The normalized spacial score (nSPS) is 12.6. The van der Waals surface area contributed by atoms with Gasteiger partial charge in [0.25, 0.3) is 0 Å². The van der Waals surface area contributed by atoms with Crippen LogP contribution in [0, 0.1) is 0 Å². The van der Waals surface area contributed by atoms with Crippen molar-refractivity contribution in [3.05, 3.63) is 36.3 Å². The molecule has 3 heterocycles. The second-order valence-electron chi connectivity index (χ2n) is 5.09. The van der Waals surface area contributed by atoms with E-state index in [9.17, 15) is 26.7 Å². The highest BCUT2D eigenvalue weighted by molar-refractivity contribution is 7.91. The topological polar surface area (TPSA) is 97.5 Å². The van der Waals surface area contributed by atoms with Crippen molar-refractivity contribution >= 4 is 15.5 Å². The van der Waals surface area contributed by atoms with E-state index in [1.165, 1.54) is 19.2 Å². The van der Waals surface area contributed by atoms with Gasteiger partial charge in [-0.15, -0.1) is 0 Å². The molecule has 0 bridgehead atoms. The van der Waals surface area contributed by atoms with Crippen LogP contribution in [0.1, 0.15) is 12.6 Å². The summed E-state index contributed by atoms with van der Waals surface area (Å²) in [4.78, 5) is 7.64. The Kier molecular flexibility index (Phi) is 3.90. The Morgan fingerprint density at radius 2 is 2.00 bits per heavy atom. The second-order valence-corrected chi connectivity index (χ2v) is 7.33. The number of aromatic hydroxyl groups is 1. The van der Waals surface area contributed by atoms with Crippen molar-refractivity contribution in [3.8, 4) is 17.1 Å². The molecule has 0 aliphatic heterocycles. The molecule has 25 heavy (non-hydrogen) atoms. The molecule has 1 N–H and O–H groups in total. The van der Waals surface area contributed by atoms with Crippen LogP contribution in [-0.2, 0) is 16.0 Å². The van der Waals surface area contributed by atoms with Gasteiger partial charge < -0.3 is 5.11 Å². The fraction of sp³-hybridized carbons (Fsp3) is 0.214. The average molecular weight is 372 g/mol. The molecule has 7 nitrogen and oxygen atoms in total. The predicted molar refractivity (Wildman–Crippen MR) is 80.6 cm³/mol. The van der Waals surface area contributed by atoms with Gasteiger partial charge in [-0.2, -0.15) is 18.3 Å². The number of nitrogens with zero attached hydrogens (tertiary/aromatic N) is 4. The van der Waals surface area contributed by atoms with Crippen molar-refractivity contribution in [3.63, 3.8) is 0 Å². The lowest BCUT2D eigenvalue weighted by atomic mass is 10.2. The van der Waals surface area contributed by atoms with Crippen LogP contribution in [0.25, 0.3) is 17.0 Å². The minimum absolute atomic E-state index is 0.0492. The predicted octanol–water partition coefficient (Wildman–Crippen LogP) is 2.31. The maximum Gasteiger partial charge on any atom is 0.435 e. The minimum atomic E-state index is -4.62. The SMILES string of the molecule is CCS(=O)(=O)c1cc(O)cnc1-c1ccn2nc(C(F)(F)F)cc2n1. The largest absolute Gasteiger partial charge is 0.506 e. The summed E-state index contributed by atoms with van der Waals surface area (Å²) in [5, 5.41) is 12.9. The molecule has 0 spiro atoms. The lowest BCUT2D eigenvalue weighted by Crippen LogP contribution is -2.07. The maximum absolute atomic E-state index is 12.7. The first-order chi connectivity index (χ1) is 11.6. The Bertz CT molecular complexity index is 1060. The highest BCUT2D eigenvalue weighted by Crippen LogP contribution is 2.30. The summed E-state index contributed by atoms with van der Waals surface area (Å²) in [5.74, 6) is -0.585. The van der Waals surface area contributed by atoms with Crippen molar-refractivity contribution in [2.45, 2.75) is 18.0 Å². The molecule has 0 saturated heterocycles. The summed E-state index contributed by atoms with van der Waals surface area (Å²) < 4.78 is 63.5. The standard InChI is InChI=1S/C14H11F3N4O3S/c1-2-25(23,24)10-5-8(22)7-18-13(10)9-3-4-21-12(19-9)6-11(20-21)14(15,16)17/h3-7,22H,2H2,1H3. The summed E-state index contributed by atoms with van der Waals surface area (Å²) in [6.45, 7) is 1.42. The van der Waals surface area contributed by atoms with Crippen LogP contribution in [0.3, 0.4) is 0 Å². The summed E-state index contributed by atoms with van der Waals surface area (Å²) >= 11 is 0. The average Bonchev–Trinajstić information content (AvgIpc) is 2.98. The fourth-order valence-electron chi connectivity index (χ4n) is 2.17. The molecule has 0 aliphatic rings. The van der Waals surface area contributed by atoms with E-state index in [1.54, 1.807) is 0 Å². The van der Waals surface area contributed by atoms with Crippen LogP contribution < -0.4 is 0 Å². The van der Waals surface area contributed by atoms with Gasteiger partial charge in [0.15, 0.2) is 21.2 Å². The van der Waals surface area contributed by atoms with Crippen molar-refractivity contribution in [2.75, 3.05) is 5.75 Å². The van der Waals surface area contributed by atoms with Crippen LogP contribution in [0.5, 0.6) is 5.75 Å². The Morgan fingerprint density at radius 1 is 1.28 bits per heavy atom. The zero-order valence-corrected chi connectivity index (χ0v) is 13.5. The molecule has 3 rings (SSSR count). The molecule has 11 heteroatoms. The molecule has 0 radical (unpaired) electrons. The van der Waals surface area contributed by atoms with Gasteiger partial charge in [-0.1, -0.05) is 6.92 Å². The van der Waals surface area contributed by atoms with Gasteiger partial charge in [-0.05, 0) is 6.07 Å². The number of pyridine rings is 1. The molecule has 0 aromatic carbocycles. The number of alkyl halides is 3. The molecule has 3 aromatic rings. The fourth-order valence-corrected chi connectivity index (χ4v) is 3.23. The number of fused-ring (bicyclic) bond motifs is 1. The van der Waals surface area contributed by atoms with Gasteiger partial charge >= 0.3 is 6.18 Å². The third-order valence-corrected chi connectivity index (χ3v) is 5.15. The van der Waals surface area contributed by atoms with E-state index in [-0.39, 0.29) is 33.4 Å². The Labute approximate surface area is 139 Å². The van der Waals surface area contributed by atoms with Gasteiger partial charge in [0.1, 0.15) is 11.4 Å². The van der Waals surface area contributed by atoms with Crippen molar-refractivity contribution in [1.82, 2.24) is 19.6 Å². The number of rotatable bonds is 3. The van der Waals surface area contributed by atoms with Crippen LogP contribution in [-0.4, -0.2) is 38.9 Å². The van der Waals surface area contributed by atoms with E-state index in [1.807, 2.05) is 0 Å². The second kappa shape index (κ2) is 5.69. The molecule has 0 amide bonds. The summed E-state index contributed by atoms with van der Waals surface area (Å²) in [7, 11) is -3.74. The summed E-state index contributed by atoms with van der Waals surface area (Å²) in [6.07, 6.45) is -2.36. The van der Waals surface area contributed by atoms with E-state index in [0.717, 1.165) is 22.8 Å². The Balaban J connectivity index is 2.20. The van der Waals surface area contributed by atoms with Crippen molar-refractivity contribution in [2.24, 2.45) is 0 Å². The molecule has 0 saturated carbocycles. The van der Waals surface area contributed by atoms with Crippen LogP contribution in [0.4, 0.5) is 13.2 Å². The molecule has 0 aliphatic carbocycles. The van der Waals surface area contributed by atoms with Crippen LogP contribution >= 0.6 is 0 Å². The Hall–Kier alpha value is -2.69. The number of hydrogen-bond acceptors (Lipinski definition) is 6. The molecule has 3 aromatic heterocycles. The third kappa shape index (κ3) is 3.14. The smallest absolute Gasteiger partial charge is 0.435 e. The summed E-state index contributed by atoms with van der Waals surface area (Å²) in [5.41, 5.74) is -1.23. The molecule has 132 valence electrons. The first kappa shape index (κ1) is 17.1. The first-order valence-electron chi connectivity index (χ1n) is 6.97. The van der Waals surface area contributed by atoms with E-state index >= 15 is 0 Å². The van der Waals surface area contributed by atoms with Gasteiger partial charge in [0.2, 0.25) is 0 Å². The summed E-state index contributed by atoms with van der Waals surface area (Å²) in [6, 6.07) is 3.08. The minimum Gasteiger partial charge on any atom is -0.506 e. The van der Waals surface area contributed by atoms with Crippen LogP contribution in [0.2, 0.25) is 0 Å². The molecular formula is C14H11F3N4O3S. The molecule has 0 fully saturated rings. The van der Waals surface area contributed by atoms with E-state index in [0.29, 0.717) is 0 Å². The zero-order valence-electron chi connectivity index (χ0n) is 12.7. The molecular weight excluding hydrogens is 361 g/mol. The van der Waals surface area contributed by atoms with Crippen molar-refractivity contribution < 1.29 is 26.7 Å². The highest BCUT2D eigenvalue weighted by Gasteiger charge is 2.34. The van der Waals surface area contributed by atoms with Gasteiger partial charge in [0.05, 0.1) is 22.5 Å². The van der Waals surface area contributed by atoms with Gasteiger partial charge in [-0.3, -0.25) is 0 Å². The molecule has 0 atom stereocenters. The van der Waals surface area contributed by atoms with Crippen molar-refractivity contribution in [1.29, 1.82) is 0 Å². The molecule has 0 unspecified atom stereocenters. The third-order valence-electron chi connectivity index (χ3n) is 3.41. The lowest BCUT2D eigenvalue weighted by molar-refractivity contribution is -0.141. The van der Waals surface area contributed by atoms with Gasteiger partial charge in [0, 0.05) is 18.3 Å². The van der Waals surface area contributed by atoms with Gasteiger partial charge in [-0.25, -0.2) is 22.9 Å². The highest BCUT2D eigenvalue weighted by atomic mass is 32.2. The number of sulfone groups is 1. The number of halogens is 3. The van der Waals surface area contributed by atoms with E-state index < -0.39 is 21.7 Å². The maximum atomic E-state index is 12.7.